The predicted molar refractivity (Wildman–Crippen MR) is 99.7 cm³/mol. The Bertz CT molecular complexity index is 721. The summed E-state index contributed by atoms with van der Waals surface area (Å²) in [6, 6.07) is 2.97. The molecule has 0 unspecified atom stereocenters. The molecule has 148 valence electrons. The number of nitrogens with one attached hydrogen (secondary N) is 1. The van der Waals surface area contributed by atoms with Gasteiger partial charge in [-0.15, -0.1) is 0 Å². The second-order valence-electron chi connectivity index (χ2n) is 6.78. The Hall–Kier alpha value is -2.19. The third-order valence-electron chi connectivity index (χ3n) is 4.52. The SMILES string of the molecule is CC(C)[C@H](N)C(=O)NCC(=O)N1CCN(C(=O)c2ccc(F)cc2Cl)CC1. The maximum Gasteiger partial charge on any atom is 0.255 e. The van der Waals surface area contributed by atoms with Gasteiger partial charge in [0.05, 0.1) is 23.2 Å². The molecule has 3 N–H and O–H groups in total. The fraction of sp³-hybridized carbons (Fsp3) is 0.500. The van der Waals surface area contributed by atoms with Crippen LogP contribution in [0.15, 0.2) is 18.2 Å². The third-order valence-corrected chi connectivity index (χ3v) is 4.83. The number of hydrogen-bond donors (Lipinski definition) is 2. The minimum Gasteiger partial charge on any atom is -0.346 e. The molecule has 1 atom stereocenters. The van der Waals surface area contributed by atoms with Crippen molar-refractivity contribution < 1.29 is 18.8 Å². The molecule has 27 heavy (non-hydrogen) atoms. The van der Waals surface area contributed by atoms with Gasteiger partial charge in [-0.3, -0.25) is 14.4 Å². The lowest BCUT2D eigenvalue weighted by Crippen LogP contribution is -2.53. The van der Waals surface area contributed by atoms with Crippen LogP contribution in [0.5, 0.6) is 0 Å². The Morgan fingerprint density at radius 1 is 1.19 bits per heavy atom. The number of nitrogens with two attached hydrogens (primary N) is 1. The number of amides is 3. The minimum absolute atomic E-state index is 0.0204. The second-order valence-corrected chi connectivity index (χ2v) is 7.19. The van der Waals surface area contributed by atoms with Crippen molar-refractivity contribution in [1.29, 1.82) is 0 Å². The highest BCUT2D eigenvalue weighted by molar-refractivity contribution is 6.33. The summed E-state index contributed by atoms with van der Waals surface area (Å²) in [5, 5.41) is 2.60. The summed E-state index contributed by atoms with van der Waals surface area (Å²) < 4.78 is 13.1. The number of benzene rings is 1. The van der Waals surface area contributed by atoms with Gasteiger partial charge in [-0.05, 0) is 24.1 Å². The molecule has 1 fully saturated rings. The number of carbonyl (C=O) groups excluding carboxylic acids is 3. The average Bonchev–Trinajstić information content (AvgIpc) is 2.64. The molecule has 0 bridgehead atoms. The van der Waals surface area contributed by atoms with E-state index in [0.29, 0.717) is 26.2 Å². The number of carbonyl (C=O) groups is 3. The molecule has 0 spiro atoms. The van der Waals surface area contributed by atoms with Crippen molar-refractivity contribution >= 4 is 29.3 Å². The molecule has 2 rings (SSSR count). The Morgan fingerprint density at radius 3 is 2.33 bits per heavy atom. The molecule has 7 nitrogen and oxygen atoms in total. The highest BCUT2D eigenvalue weighted by atomic mass is 35.5. The van der Waals surface area contributed by atoms with Crippen molar-refractivity contribution in [2.24, 2.45) is 11.7 Å². The number of hydrogen-bond acceptors (Lipinski definition) is 4. The van der Waals surface area contributed by atoms with E-state index in [2.05, 4.69) is 5.32 Å². The highest BCUT2D eigenvalue weighted by Gasteiger charge is 2.26. The quantitative estimate of drug-likeness (QED) is 0.769. The molecule has 1 aromatic carbocycles. The van der Waals surface area contributed by atoms with Crippen molar-refractivity contribution in [2.45, 2.75) is 19.9 Å². The normalized spacial score (nSPS) is 15.6. The molecule has 1 aliphatic heterocycles. The van der Waals surface area contributed by atoms with Gasteiger partial charge in [0.15, 0.2) is 0 Å². The van der Waals surface area contributed by atoms with E-state index in [-0.39, 0.29) is 40.8 Å². The maximum absolute atomic E-state index is 13.1. The summed E-state index contributed by atoms with van der Waals surface area (Å²) in [4.78, 5) is 39.7. The van der Waals surface area contributed by atoms with E-state index in [0.717, 1.165) is 6.07 Å². The molecule has 1 saturated heterocycles. The van der Waals surface area contributed by atoms with Crippen molar-refractivity contribution in [3.8, 4) is 0 Å². The van der Waals surface area contributed by atoms with E-state index in [9.17, 15) is 18.8 Å². The van der Waals surface area contributed by atoms with Gasteiger partial charge >= 0.3 is 0 Å². The maximum atomic E-state index is 13.1. The van der Waals surface area contributed by atoms with Crippen LogP contribution in [0.2, 0.25) is 5.02 Å². The molecule has 0 radical (unpaired) electrons. The van der Waals surface area contributed by atoms with Crippen LogP contribution in [-0.4, -0.2) is 66.3 Å². The summed E-state index contributed by atoms with van der Waals surface area (Å²) in [5.74, 6) is -1.42. The molecular weight excluding hydrogens is 375 g/mol. The van der Waals surface area contributed by atoms with Crippen molar-refractivity contribution in [3.05, 3.63) is 34.6 Å². The summed E-state index contributed by atoms with van der Waals surface area (Å²) in [6.07, 6.45) is 0. The first-order valence-corrected chi connectivity index (χ1v) is 9.14. The van der Waals surface area contributed by atoms with Gasteiger partial charge in [0, 0.05) is 26.2 Å². The molecule has 9 heteroatoms. The van der Waals surface area contributed by atoms with Gasteiger partial charge in [0.1, 0.15) is 5.82 Å². The van der Waals surface area contributed by atoms with Gasteiger partial charge in [0.25, 0.3) is 5.91 Å². The predicted octanol–water partition coefficient (Wildman–Crippen LogP) is 0.863. The number of halogens is 2. The molecule has 1 aliphatic rings. The Morgan fingerprint density at radius 2 is 1.78 bits per heavy atom. The zero-order chi connectivity index (χ0) is 20.1. The lowest BCUT2D eigenvalue weighted by Gasteiger charge is -2.35. The van der Waals surface area contributed by atoms with Crippen LogP contribution in [0.4, 0.5) is 4.39 Å². The molecule has 1 heterocycles. The molecular formula is C18H24ClFN4O3. The first kappa shape index (κ1) is 21.1. The van der Waals surface area contributed by atoms with Gasteiger partial charge in [-0.25, -0.2) is 4.39 Å². The number of rotatable bonds is 5. The second kappa shape index (κ2) is 9.14. The first-order chi connectivity index (χ1) is 12.7. The van der Waals surface area contributed by atoms with Crippen LogP contribution in [0, 0.1) is 11.7 Å². The van der Waals surface area contributed by atoms with Crippen LogP contribution in [0.25, 0.3) is 0 Å². The molecule has 3 amide bonds. The number of nitrogens with zero attached hydrogens (tertiary/aromatic N) is 2. The zero-order valence-electron chi connectivity index (χ0n) is 15.4. The van der Waals surface area contributed by atoms with Crippen LogP contribution >= 0.6 is 11.6 Å². The van der Waals surface area contributed by atoms with E-state index in [1.807, 2.05) is 13.8 Å². The van der Waals surface area contributed by atoms with E-state index < -0.39 is 11.9 Å². The van der Waals surface area contributed by atoms with E-state index >= 15 is 0 Å². The summed E-state index contributed by atoms with van der Waals surface area (Å²) in [5.41, 5.74) is 5.97. The zero-order valence-corrected chi connectivity index (χ0v) is 16.1. The average molecular weight is 399 g/mol. The van der Waals surface area contributed by atoms with E-state index in [1.54, 1.807) is 9.80 Å². The van der Waals surface area contributed by atoms with Gasteiger partial charge in [0.2, 0.25) is 11.8 Å². The van der Waals surface area contributed by atoms with Crippen molar-refractivity contribution in [2.75, 3.05) is 32.7 Å². The lowest BCUT2D eigenvalue weighted by atomic mass is 10.1. The van der Waals surface area contributed by atoms with Crippen molar-refractivity contribution in [3.63, 3.8) is 0 Å². The standard InChI is InChI=1S/C18H24ClFN4O3/c1-11(2)16(21)17(26)22-10-15(25)23-5-7-24(8-6-23)18(27)13-4-3-12(20)9-14(13)19/h3-4,9,11,16H,5-8,10,21H2,1-2H3,(H,22,26)/t16-/m0/s1. The minimum atomic E-state index is -0.660. The molecule has 0 aromatic heterocycles. The Labute approximate surface area is 162 Å². The summed E-state index contributed by atoms with van der Waals surface area (Å²) in [6.45, 7) is 4.88. The molecule has 1 aromatic rings. The Kier molecular flexibility index (Phi) is 7.15. The largest absolute Gasteiger partial charge is 0.346 e. The highest BCUT2D eigenvalue weighted by Crippen LogP contribution is 2.20. The monoisotopic (exact) mass is 398 g/mol. The molecule has 0 aliphatic carbocycles. The van der Waals surface area contributed by atoms with E-state index in [1.165, 1.54) is 12.1 Å². The van der Waals surface area contributed by atoms with Crippen LogP contribution in [0.1, 0.15) is 24.2 Å². The third kappa shape index (κ3) is 5.40. The van der Waals surface area contributed by atoms with Gasteiger partial charge in [-0.1, -0.05) is 25.4 Å². The Balaban J connectivity index is 1.85. The van der Waals surface area contributed by atoms with Crippen molar-refractivity contribution in [1.82, 2.24) is 15.1 Å². The fourth-order valence-corrected chi connectivity index (χ4v) is 2.94. The molecule has 0 saturated carbocycles. The van der Waals surface area contributed by atoms with Crippen LogP contribution in [-0.2, 0) is 9.59 Å². The fourth-order valence-electron chi connectivity index (χ4n) is 2.69. The lowest BCUT2D eigenvalue weighted by molar-refractivity contribution is -0.134. The summed E-state index contributed by atoms with van der Waals surface area (Å²) >= 11 is 5.94. The van der Waals surface area contributed by atoms with Gasteiger partial charge < -0.3 is 20.9 Å². The van der Waals surface area contributed by atoms with Crippen LogP contribution < -0.4 is 11.1 Å². The summed E-state index contributed by atoms with van der Waals surface area (Å²) in [7, 11) is 0. The topological polar surface area (TPSA) is 95.7 Å². The smallest absolute Gasteiger partial charge is 0.255 e. The van der Waals surface area contributed by atoms with E-state index in [4.69, 9.17) is 17.3 Å². The first-order valence-electron chi connectivity index (χ1n) is 8.76. The van der Waals surface area contributed by atoms with Crippen LogP contribution in [0.3, 0.4) is 0 Å². The number of piperazine rings is 1. The van der Waals surface area contributed by atoms with Gasteiger partial charge in [-0.2, -0.15) is 0 Å².